The Morgan fingerprint density at radius 1 is 1.19 bits per heavy atom. The predicted octanol–water partition coefficient (Wildman–Crippen LogP) is 5.21. The number of rotatable bonds is 11. The van der Waals surface area contributed by atoms with Gasteiger partial charge in [-0.1, -0.05) is 18.5 Å². The number of anilines is 3. The lowest BCUT2D eigenvalue weighted by atomic mass is 10.2. The standard InChI is InChI=1S/C22H28ClFN6S/c1-4-25-13-16-7-9-20(31-16)17-14-27-22(28-15-6-8-19(24)18(23)12-15)29-21(17)26-10-5-11-30(2)3/h6-9,12,14,25H,4-5,10-11,13H2,1-3H3,(H2,26,27,28,29). The Morgan fingerprint density at radius 2 is 2.03 bits per heavy atom. The average Bonchev–Trinajstić information content (AvgIpc) is 3.21. The van der Waals surface area contributed by atoms with Gasteiger partial charge in [-0.3, -0.25) is 0 Å². The molecule has 3 N–H and O–H groups in total. The van der Waals surface area contributed by atoms with Crippen molar-refractivity contribution in [2.75, 3.05) is 44.4 Å². The Labute approximate surface area is 191 Å². The highest BCUT2D eigenvalue weighted by Gasteiger charge is 2.13. The minimum absolute atomic E-state index is 0.0513. The fraction of sp³-hybridized carbons (Fsp3) is 0.364. The third-order valence-corrected chi connectivity index (χ3v) is 5.92. The molecule has 2 heterocycles. The molecule has 2 aromatic heterocycles. The molecular weight excluding hydrogens is 435 g/mol. The predicted molar refractivity (Wildman–Crippen MR) is 129 cm³/mol. The molecule has 9 heteroatoms. The van der Waals surface area contributed by atoms with Crippen molar-refractivity contribution in [2.24, 2.45) is 0 Å². The Bertz CT molecular complexity index is 994. The van der Waals surface area contributed by atoms with Gasteiger partial charge >= 0.3 is 0 Å². The monoisotopic (exact) mass is 462 g/mol. The van der Waals surface area contributed by atoms with E-state index in [1.165, 1.54) is 17.0 Å². The van der Waals surface area contributed by atoms with Crippen molar-refractivity contribution in [2.45, 2.75) is 19.9 Å². The molecule has 0 aliphatic carbocycles. The van der Waals surface area contributed by atoms with Crippen molar-refractivity contribution in [1.29, 1.82) is 0 Å². The number of nitrogens with zero attached hydrogens (tertiary/aromatic N) is 3. The van der Waals surface area contributed by atoms with E-state index in [1.807, 2.05) is 6.20 Å². The normalized spacial score (nSPS) is 11.2. The SMILES string of the molecule is CCNCc1ccc(-c2cnc(Nc3ccc(F)c(Cl)c3)nc2NCCCN(C)C)s1. The first kappa shape index (κ1) is 23.4. The molecule has 0 aliphatic rings. The minimum Gasteiger partial charge on any atom is -0.369 e. The van der Waals surface area contributed by atoms with E-state index in [0.29, 0.717) is 11.6 Å². The molecule has 0 atom stereocenters. The molecule has 1 aromatic carbocycles. The molecule has 0 radical (unpaired) electrons. The van der Waals surface area contributed by atoms with Gasteiger partial charge in [-0.15, -0.1) is 11.3 Å². The molecule has 3 rings (SSSR count). The molecule has 3 aromatic rings. The molecule has 0 saturated carbocycles. The lowest BCUT2D eigenvalue weighted by Crippen LogP contribution is -2.17. The number of benzene rings is 1. The number of hydrogen-bond acceptors (Lipinski definition) is 7. The van der Waals surface area contributed by atoms with Crippen LogP contribution in [0.5, 0.6) is 0 Å². The van der Waals surface area contributed by atoms with Crippen molar-refractivity contribution in [1.82, 2.24) is 20.2 Å². The van der Waals surface area contributed by atoms with Crippen LogP contribution in [0.15, 0.2) is 36.5 Å². The first-order valence-electron chi connectivity index (χ1n) is 10.2. The third-order valence-electron chi connectivity index (χ3n) is 4.52. The first-order valence-corrected chi connectivity index (χ1v) is 11.4. The topological polar surface area (TPSA) is 65.1 Å². The third kappa shape index (κ3) is 6.87. The second-order valence-corrected chi connectivity index (χ2v) is 8.92. The molecule has 0 spiro atoms. The zero-order chi connectivity index (χ0) is 22.2. The van der Waals surface area contributed by atoms with Gasteiger partial charge in [-0.2, -0.15) is 4.98 Å². The van der Waals surface area contributed by atoms with Gasteiger partial charge in [-0.05, 0) is 63.9 Å². The van der Waals surface area contributed by atoms with Crippen LogP contribution < -0.4 is 16.0 Å². The van der Waals surface area contributed by atoms with Crippen LogP contribution in [0.4, 0.5) is 21.8 Å². The molecule has 0 saturated heterocycles. The van der Waals surface area contributed by atoms with E-state index in [0.717, 1.165) is 48.9 Å². The summed E-state index contributed by atoms with van der Waals surface area (Å²) < 4.78 is 13.4. The van der Waals surface area contributed by atoms with Gasteiger partial charge in [-0.25, -0.2) is 9.37 Å². The zero-order valence-electron chi connectivity index (χ0n) is 18.0. The van der Waals surface area contributed by atoms with Crippen LogP contribution in [0.2, 0.25) is 5.02 Å². The second kappa shape index (κ2) is 11.4. The number of halogens is 2. The van der Waals surface area contributed by atoms with Crippen LogP contribution in [0, 0.1) is 5.82 Å². The molecule has 0 amide bonds. The van der Waals surface area contributed by atoms with Gasteiger partial charge in [0.1, 0.15) is 11.6 Å². The van der Waals surface area contributed by atoms with Crippen LogP contribution in [0.1, 0.15) is 18.2 Å². The fourth-order valence-corrected chi connectivity index (χ4v) is 4.10. The second-order valence-electron chi connectivity index (χ2n) is 7.34. The summed E-state index contributed by atoms with van der Waals surface area (Å²) in [6.07, 6.45) is 2.81. The van der Waals surface area contributed by atoms with E-state index in [4.69, 9.17) is 16.6 Å². The Morgan fingerprint density at radius 3 is 2.77 bits per heavy atom. The van der Waals surface area contributed by atoms with Crippen LogP contribution in [0.3, 0.4) is 0 Å². The highest BCUT2D eigenvalue weighted by Crippen LogP contribution is 2.33. The molecule has 0 fully saturated rings. The number of hydrogen-bond donors (Lipinski definition) is 3. The lowest BCUT2D eigenvalue weighted by molar-refractivity contribution is 0.405. The fourth-order valence-electron chi connectivity index (χ4n) is 2.93. The van der Waals surface area contributed by atoms with Gasteiger partial charge in [0.25, 0.3) is 0 Å². The summed E-state index contributed by atoms with van der Waals surface area (Å²) in [6, 6.07) is 8.68. The van der Waals surface area contributed by atoms with E-state index in [9.17, 15) is 4.39 Å². The van der Waals surface area contributed by atoms with Gasteiger partial charge in [0.15, 0.2) is 0 Å². The van der Waals surface area contributed by atoms with Gasteiger partial charge < -0.3 is 20.9 Å². The van der Waals surface area contributed by atoms with Crippen LogP contribution >= 0.6 is 22.9 Å². The lowest BCUT2D eigenvalue weighted by Gasteiger charge is -2.14. The van der Waals surface area contributed by atoms with Crippen LogP contribution in [0.25, 0.3) is 10.4 Å². The summed E-state index contributed by atoms with van der Waals surface area (Å²) >= 11 is 7.62. The summed E-state index contributed by atoms with van der Waals surface area (Å²) in [5, 5.41) is 9.96. The Kier molecular flexibility index (Phi) is 8.60. The van der Waals surface area contributed by atoms with Crippen LogP contribution in [-0.4, -0.2) is 48.6 Å². The number of thiophene rings is 1. The van der Waals surface area contributed by atoms with E-state index in [2.05, 4.69) is 59.0 Å². The quantitative estimate of drug-likeness (QED) is 0.340. The summed E-state index contributed by atoms with van der Waals surface area (Å²) in [4.78, 5) is 13.7. The van der Waals surface area contributed by atoms with Crippen molar-refractivity contribution in [3.8, 4) is 10.4 Å². The average molecular weight is 463 g/mol. The number of aromatic nitrogens is 2. The molecule has 166 valence electrons. The highest BCUT2D eigenvalue weighted by molar-refractivity contribution is 7.15. The first-order chi connectivity index (χ1) is 15.0. The van der Waals surface area contributed by atoms with Crippen molar-refractivity contribution >= 4 is 40.4 Å². The van der Waals surface area contributed by atoms with E-state index < -0.39 is 5.82 Å². The summed E-state index contributed by atoms with van der Waals surface area (Å²) in [5.41, 5.74) is 1.59. The van der Waals surface area contributed by atoms with E-state index >= 15 is 0 Å². The Balaban J connectivity index is 1.82. The summed E-state index contributed by atoms with van der Waals surface area (Å²) in [6.45, 7) is 5.65. The highest BCUT2D eigenvalue weighted by atomic mass is 35.5. The maximum atomic E-state index is 13.4. The molecular formula is C22H28ClFN6S. The maximum absolute atomic E-state index is 13.4. The van der Waals surface area contributed by atoms with Gasteiger partial charge in [0.2, 0.25) is 5.95 Å². The number of nitrogens with one attached hydrogen (secondary N) is 3. The van der Waals surface area contributed by atoms with E-state index in [1.54, 1.807) is 17.4 Å². The maximum Gasteiger partial charge on any atom is 0.229 e. The molecule has 0 aliphatic heterocycles. The van der Waals surface area contributed by atoms with Crippen molar-refractivity contribution in [3.05, 3.63) is 52.2 Å². The Hall–Kier alpha value is -2.26. The smallest absolute Gasteiger partial charge is 0.229 e. The van der Waals surface area contributed by atoms with E-state index in [-0.39, 0.29) is 5.02 Å². The molecule has 6 nitrogen and oxygen atoms in total. The molecule has 31 heavy (non-hydrogen) atoms. The summed E-state index contributed by atoms with van der Waals surface area (Å²) in [5.74, 6) is 0.727. The van der Waals surface area contributed by atoms with Gasteiger partial charge in [0, 0.05) is 34.7 Å². The molecule has 0 unspecified atom stereocenters. The van der Waals surface area contributed by atoms with Gasteiger partial charge in [0.05, 0.1) is 10.6 Å². The zero-order valence-corrected chi connectivity index (χ0v) is 19.6. The molecule has 0 bridgehead atoms. The summed E-state index contributed by atoms with van der Waals surface area (Å²) in [7, 11) is 4.12. The minimum atomic E-state index is -0.460. The van der Waals surface area contributed by atoms with Crippen LogP contribution in [-0.2, 0) is 6.54 Å². The van der Waals surface area contributed by atoms with Crippen molar-refractivity contribution < 1.29 is 4.39 Å². The largest absolute Gasteiger partial charge is 0.369 e. The van der Waals surface area contributed by atoms with Crippen molar-refractivity contribution in [3.63, 3.8) is 0 Å².